The number of carbonyl (C=O) groups excluding carboxylic acids is 1. The first-order valence-electron chi connectivity index (χ1n) is 4.28. The Morgan fingerprint density at radius 2 is 2.25 bits per heavy atom. The summed E-state index contributed by atoms with van der Waals surface area (Å²) < 4.78 is 4.82. The predicted molar refractivity (Wildman–Crippen MR) is 61.8 cm³/mol. The molecule has 0 amide bonds. The molecule has 0 spiro atoms. The van der Waals surface area contributed by atoms with Gasteiger partial charge in [-0.15, -0.1) is 0 Å². The summed E-state index contributed by atoms with van der Waals surface area (Å²) in [6.45, 7) is 1.87. The van der Waals surface area contributed by atoms with Gasteiger partial charge in [0.1, 0.15) is 4.47 Å². The average molecular weight is 309 g/mol. The van der Waals surface area contributed by atoms with Crippen LogP contribution >= 0.6 is 27.5 Å². The van der Waals surface area contributed by atoms with Crippen molar-refractivity contribution in [2.24, 2.45) is 0 Å². The number of nitro benzene ring substituents is 1. The number of hydrogen-bond acceptors (Lipinski definition) is 4. The summed E-state index contributed by atoms with van der Waals surface area (Å²) in [4.78, 5) is 21.4. The standard InChI is InChI=1S/C9H7BrClNO4/c1-2-16-9(13)5-3-4-6(12(14)15)7(10)8(5)11/h3-4H,2H2,1H3. The van der Waals surface area contributed by atoms with Gasteiger partial charge in [-0.3, -0.25) is 10.1 Å². The molecule has 0 aliphatic carbocycles. The predicted octanol–water partition coefficient (Wildman–Crippen LogP) is 3.19. The van der Waals surface area contributed by atoms with E-state index in [0.29, 0.717) is 0 Å². The van der Waals surface area contributed by atoms with Crippen molar-refractivity contribution in [2.45, 2.75) is 6.92 Å². The molecule has 0 aliphatic heterocycles. The minimum atomic E-state index is -0.608. The van der Waals surface area contributed by atoms with Crippen LogP contribution in [0, 0.1) is 10.1 Å². The molecule has 0 aliphatic rings. The van der Waals surface area contributed by atoms with Crippen molar-refractivity contribution < 1.29 is 14.5 Å². The molecule has 86 valence electrons. The van der Waals surface area contributed by atoms with Crippen LogP contribution in [-0.4, -0.2) is 17.5 Å². The van der Waals surface area contributed by atoms with E-state index in [1.807, 2.05) is 0 Å². The van der Waals surface area contributed by atoms with E-state index in [2.05, 4.69) is 15.9 Å². The first kappa shape index (κ1) is 12.9. The quantitative estimate of drug-likeness (QED) is 0.488. The lowest BCUT2D eigenvalue weighted by molar-refractivity contribution is -0.385. The van der Waals surface area contributed by atoms with Crippen LogP contribution in [0.25, 0.3) is 0 Å². The number of ether oxygens (including phenoxy) is 1. The second-order valence-corrected chi connectivity index (χ2v) is 3.91. The molecule has 0 saturated carbocycles. The first-order valence-corrected chi connectivity index (χ1v) is 5.45. The number of hydrogen-bond donors (Lipinski definition) is 0. The van der Waals surface area contributed by atoms with Gasteiger partial charge in [0.15, 0.2) is 0 Å². The highest BCUT2D eigenvalue weighted by molar-refractivity contribution is 9.10. The summed E-state index contributed by atoms with van der Waals surface area (Å²) in [5, 5.41) is 10.6. The van der Waals surface area contributed by atoms with Crippen LogP contribution in [0.4, 0.5) is 5.69 Å². The molecule has 0 bridgehead atoms. The number of nitro groups is 1. The number of halogens is 2. The summed E-state index contributed by atoms with van der Waals surface area (Å²) in [6, 6.07) is 2.46. The van der Waals surface area contributed by atoms with Crippen LogP contribution in [0.1, 0.15) is 17.3 Å². The number of nitrogens with zero attached hydrogens (tertiary/aromatic N) is 1. The molecule has 0 aromatic heterocycles. The fourth-order valence-corrected chi connectivity index (χ4v) is 1.77. The fraction of sp³-hybridized carbons (Fsp3) is 0.222. The van der Waals surface area contributed by atoms with Gasteiger partial charge in [-0.05, 0) is 28.9 Å². The van der Waals surface area contributed by atoms with Crippen molar-refractivity contribution in [1.82, 2.24) is 0 Å². The number of rotatable bonds is 3. The zero-order valence-electron chi connectivity index (χ0n) is 8.20. The van der Waals surface area contributed by atoms with E-state index in [4.69, 9.17) is 16.3 Å². The number of carbonyl (C=O) groups is 1. The minimum Gasteiger partial charge on any atom is -0.462 e. The maximum absolute atomic E-state index is 11.4. The third kappa shape index (κ3) is 2.51. The maximum atomic E-state index is 11.4. The molecule has 0 heterocycles. The molecule has 7 heteroatoms. The molecule has 0 unspecified atom stereocenters. The highest BCUT2D eigenvalue weighted by atomic mass is 79.9. The van der Waals surface area contributed by atoms with Gasteiger partial charge in [0.2, 0.25) is 0 Å². The second-order valence-electron chi connectivity index (χ2n) is 2.74. The lowest BCUT2D eigenvalue weighted by Crippen LogP contribution is -2.06. The van der Waals surface area contributed by atoms with Crippen LogP contribution in [0.2, 0.25) is 5.02 Å². The molecule has 0 fully saturated rings. The largest absolute Gasteiger partial charge is 0.462 e. The third-order valence-corrected chi connectivity index (χ3v) is 3.18. The molecular formula is C9H7BrClNO4. The van der Waals surface area contributed by atoms with E-state index in [-0.39, 0.29) is 27.4 Å². The Bertz CT molecular complexity index is 449. The van der Waals surface area contributed by atoms with Gasteiger partial charge in [-0.25, -0.2) is 4.79 Å². The van der Waals surface area contributed by atoms with Gasteiger partial charge in [0.25, 0.3) is 5.69 Å². The fourth-order valence-electron chi connectivity index (χ4n) is 1.05. The van der Waals surface area contributed by atoms with Crippen molar-refractivity contribution in [2.75, 3.05) is 6.61 Å². The van der Waals surface area contributed by atoms with Crippen LogP contribution < -0.4 is 0 Å². The van der Waals surface area contributed by atoms with E-state index in [0.717, 1.165) is 0 Å². The maximum Gasteiger partial charge on any atom is 0.339 e. The first-order chi connectivity index (χ1) is 7.49. The molecule has 0 saturated heterocycles. The molecule has 5 nitrogen and oxygen atoms in total. The third-order valence-electron chi connectivity index (χ3n) is 1.75. The summed E-state index contributed by atoms with van der Waals surface area (Å²) in [7, 11) is 0. The van der Waals surface area contributed by atoms with Crippen molar-refractivity contribution in [3.63, 3.8) is 0 Å². The van der Waals surface area contributed by atoms with Crippen molar-refractivity contribution >= 4 is 39.2 Å². The van der Waals surface area contributed by atoms with E-state index < -0.39 is 10.9 Å². The average Bonchev–Trinajstić information content (AvgIpc) is 2.21. The number of benzene rings is 1. The Balaban J connectivity index is 3.21. The van der Waals surface area contributed by atoms with Crippen molar-refractivity contribution in [3.8, 4) is 0 Å². The molecule has 1 rings (SSSR count). The molecular weight excluding hydrogens is 301 g/mol. The monoisotopic (exact) mass is 307 g/mol. The summed E-state index contributed by atoms with van der Waals surface area (Å²) in [5.41, 5.74) is -0.0981. The summed E-state index contributed by atoms with van der Waals surface area (Å²) >= 11 is 8.79. The van der Waals surface area contributed by atoms with Crippen LogP contribution in [0.5, 0.6) is 0 Å². The Morgan fingerprint density at radius 1 is 1.62 bits per heavy atom. The van der Waals surface area contributed by atoms with E-state index in [1.165, 1.54) is 12.1 Å². The zero-order valence-corrected chi connectivity index (χ0v) is 10.5. The normalized spacial score (nSPS) is 9.94. The van der Waals surface area contributed by atoms with Crippen LogP contribution in [0.15, 0.2) is 16.6 Å². The highest BCUT2D eigenvalue weighted by Gasteiger charge is 2.21. The van der Waals surface area contributed by atoms with Gasteiger partial charge >= 0.3 is 5.97 Å². The Kier molecular flexibility index (Phi) is 4.26. The zero-order chi connectivity index (χ0) is 12.3. The summed E-state index contributed by atoms with van der Waals surface area (Å²) in [5.74, 6) is -0.608. The van der Waals surface area contributed by atoms with Gasteiger partial charge in [0.05, 0.1) is 22.1 Å². The Morgan fingerprint density at radius 3 is 2.75 bits per heavy atom. The van der Waals surface area contributed by atoms with Crippen LogP contribution in [0.3, 0.4) is 0 Å². The molecule has 1 aromatic carbocycles. The lowest BCUT2D eigenvalue weighted by Gasteiger charge is -2.05. The molecule has 0 N–H and O–H groups in total. The summed E-state index contributed by atoms with van der Waals surface area (Å²) in [6.07, 6.45) is 0. The molecule has 1 aromatic rings. The Hall–Kier alpha value is -1.14. The van der Waals surface area contributed by atoms with Crippen molar-refractivity contribution in [1.29, 1.82) is 0 Å². The smallest absolute Gasteiger partial charge is 0.339 e. The lowest BCUT2D eigenvalue weighted by atomic mass is 10.2. The topological polar surface area (TPSA) is 69.4 Å². The SMILES string of the molecule is CCOC(=O)c1ccc([N+](=O)[O-])c(Br)c1Cl. The van der Waals surface area contributed by atoms with Crippen molar-refractivity contribution in [3.05, 3.63) is 37.3 Å². The van der Waals surface area contributed by atoms with Gasteiger partial charge in [0, 0.05) is 6.07 Å². The number of esters is 1. The van der Waals surface area contributed by atoms with Gasteiger partial charge < -0.3 is 4.74 Å². The Labute approximate surface area is 105 Å². The molecule has 0 atom stereocenters. The molecule has 0 radical (unpaired) electrons. The van der Waals surface area contributed by atoms with Gasteiger partial charge in [-0.2, -0.15) is 0 Å². The minimum absolute atomic E-state index is 0.0207. The van der Waals surface area contributed by atoms with E-state index in [1.54, 1.807) is 6.92 Å². The van der Waals surface area contributed by atoms with E-state index >= 15 is 0 Å². The van der Waals surface area contributed by atoms with Gasteiger partial charge in [-0.1, -0.05) is 11.6 Å². The van der Waals surface area contributed by atoms with E-state index in [9.17, 15) is 14.9 Å². The second kappa shape index (κ2) is 5.27. The highest BCUT2D eigenvalue weighted by Crippen LogP contribution is 2.34. The molecule has 16 heavy (non-hydrogen) atoms. The van der Waals surface area contributed by atoms with Crippen LogP contribution in [-0.2, 0) is 4.74 Å².